The quantitative estimate of drug-likeness (QED) is 0.939. The largest absolute Gasteiger partial charge is 0.478 e. The van der Waals surface area contributed by atoms with Crippen LogP contribution in [0.5, 0.6) is 0 Å². The zero-order valence-electron chi connectivity index (χ0n) is 12.7. The summed E-state index contributed by atoms with van der Waals surface area (Å²) in [6.45, 7) is 2.67. The normalized spacial score (nSPS) is 16.0. The molecule has 1 N–H and O–H groups in total. The molecular formula is C18H17NO4. The molecule has 0 radical (unpaired) electrons. The number of rotatable bonds is 3. The van der Waals surface area contributed by atoms with E-state index in [2.05, 4.69) is 0 Å². The smallest absolute Gasteiger partial charge is 0.414 e. The summed E-state index contributed by atoms with van der Waals surface area (Å²) < 4.78 is 5.37. The highest BCUT2D eigenvalue weighted by molar-refractivity contribution is 5.93. The minimum Gasteiger partial charge on any atom is -0.478 e. The number of aromatic carboxylic acids is 1. The molecule has 0 aromatic heterocycles. The van der Waals surface area contributed by atoms with Crippen LogP contribution in [0.4, 0.5) is 10.5 Å². The minimum absolute atomic E-state index is 0.0774. The van der Waals surface area contributed by atoms with Crippen LogP contribution in [0.15, 0.2) is 48.5 Å². The number of carbonyl (C=O) groups excluding carboxylic acids is 1. The van der Waals surface area contributed by atoms with Gasteiger partial charge < -0.3 is 9.84 Å². The number of amides is 1. The van der Waals surface area contributed by atoms with Gasteiger partial charge in [0.1, 0.15) is 6.61 Å². The van der Waals surface area contributed by atoms with Crippen LogP contribution in [-0.2, 0) is 11.3 Å². The number of carboxylic acids is 1. The third kappa shape index (κ3) is 3.04. The van der Waals surface area contributed by atoms with Gasteiger partial charge in [-0.25, -0.2) is 9.59 Å². The molecule has 2 aromatic rings. The maximum atomic E-state index is 12.3. The van der Waals surface area contributed by atoms with Crippen molar-refractivity contribution in [3.05, 3.63) is 65.2 Å². The molecule has 0 bridgehead atoms. The molecule has 118 valence electrons. The van der Waals surface area contributed by atoms with Crippen LogP contribution in [0.25, 0.3) is 0 Å². The first-order valence-corrected chi connectivity index (χ1v) is 7.41. The van der Waals surface area contributed by atoms with Crippen LogP contribution in [0.1, 0.15) is 34.3 Å². The fraction of sp³-hybridized carbons (Fsp3) is 0.222. The zero-order chi connectivity index (χ0) is 16.4. The number of nitrogens with zero attached hydrogens (tertiary/aromatic N) is 1. The molecule has 0 fully saturated rings. The van der Waals surface area contributed by atoms with Gasteiger partial charge in [0.2, 0.25) is 0 Å². The van der Waals surface area contributed by atoms with Crippen molar-refractivity contribution in [1.29, 1.82) is 0 Å². The molecule has 0 saturated heterocycles. The lowest BCUT2D eigenvalue weighted by Gasteiger charge is -2.17. The summed E-state index contributed by atoms with van der Waals surface area (Å²) in [5.41, 5.74) is 2.74. The Labute approximate surface area is 134 Å². The molecule has 5 nitrogen and oxygen atoms in total. The fourth-order valence-electron chi connectivity index (χ4n) is 2.77. The van der Waals surface area contributed by atoms with Crippen molar-refractivity contribution in [3.8, 4) is 0 Å². The van der Waals surface area contributed by atoms with Gasteiger partial charge in [0.25, 0.3) is 0 Å². The van der Waals surface area contributed by atoms with Crippen molar-refractivity contribution < 1.29 is 19.4 Å². The Hall–Kier alpha value is -2.82. The second kappa shape index (κ2) is 6.12. The van der Waals surface area contributed by atoms with Gasteiger partial charge in [0.15, 0.2) is 0 Å². The molecule has 1 unspecified atom stereocenters. The average molecular weight is 311 g/mol. The standard InChI is InChI=1S/C18H17NO4/c1-12-10-19(16-8-7-14(17(20)21)9-15(12)16)18(22)23-11-13-5-3-2-4-6-13/h2-9,12H,10-11H2,1H3,(H,20,21). The van der Waals surface area contributed by atoms with Gasteiger partial charge in [-0.1, -0.05) is 37.3 Å². The Morgan fingerprint density at radius 1 is 1.22 bits per heavy atom. The molecule has 1 amide bonds. The van der Waals surface area contributed by atoms with Crippen LogP contribution >= 0.6 is 0 Å². The van der Waals surface area contributed by atoms with Gasteiger partial charge in [-0.15, -0.1) is 0 Å². The summed E-state index contributed by atoms with van der Waals surface area (Å²) in [7, 11) is 0. The number of hydrogen-bond acceptors (Lipinski definition) is 3. The second-order valence-electron chi connectivity index (χ2n) is 5.63. The lowest BCUT2D eigenvalue weighted by Crippen LogP contribution is -2.30. The van der Waals surface area contributed by atoms with E-state index in [1.165, 1.54) is 6.07 Å². The van der Waals surface area contributed by atoms with Crippen LogP contribution in [0.2, 0.25) is 0 Å². The third-order valence-electron chi connectivity index (χ3n) is 3.98. The number of anilines is 1. The highest BCUT2D eigenvalue weighted by Crippen LogP contribution is 2.37. The zero-order valence-corrected chi connectivity index (χ0v) is 12.7. The van der Waals surface area contributed by atoms with Gasteiger partial charge in [0, 0.05) is 12.5 Å². The lowest BCUT2D eigenvalue weighted by molar-refractivity contribution is 0.0696. The van der Waals surface area contributed by atoms with Gasteiger partial charge in [0.05, 0.1) is 11.3 Å². The molecular weight excluding hydrogens is 294 g/mol. The maximum absolute atomic E-state index is 12.3. The second-order valence-corrected chi connectivity index (χ2v) is 5.63. The average Bonchev–Trinajstić information content (AvgIpc) is 2.90. The first kappa shape index (κ1) is 15.1. The molecule has 0 saturated carbocycles. The summed E-state index contributed by atoms with van der Waals surface area (Å²) in [6, 6.07) is 14.3. The molecule has 0 aliphatic carbocycles. The molecule has 1 atom stereocenters. The van der Waals surface area contributed by atoms with Crippen molar-refractivity contribution >= 4 is 17.7 Å². The molecule has 1 aliphatic rings. The molecule has 3 rings (SSSR count). The molecule has 23 heavy (non-hydrogen) atoms. The molecule has 0 spiro atoms. The highest BCUT2D eigenvalue weighted by Gasteiger charge is 2.31. The van der Waals surface area contributed by atoms with Crippen LogP contribution < -0.4 is 4.90 Å². The Morgan fingerprint density at radius 2 is 1.96 bits per heavy atom. The monoisotopic (exact) mass is 311 g/mol. The molecule has 5 heteroatoms. The summed E-state index contributed by atoms with van der Waals surface area (Å²) in [4.78, 5) is 25.0. The Balaban J connectivity index is 1.75. The highest BCUT2D eigenvalue weighted by atomic mass is 16.6. The predicted molar refractivity (Wildman–Crippen MR) is 85.8 cm³/mol. The maximum Gasteiger partial charge on any atom is 0.414 e. The summed E-state index contributed by atoms with van der Waals surface area (Å²) in [5.74, 6) is -0.890. The van der Waals surface area contributed by atoms with Crippen molar-refractivity contribution in [2.75, 3.05) is 11.4 Å². The van der Waals surface area contributed by atoms with E-state index in [4.69, 9.17) is 9.84 Å². The fourth-order valence-corrected chi connectivity index (χ4v) is 2.77. The lowest BCUT2D eigenvalue weighted by atomic mass is 10.0. The molecule has 2 aromatic carbocycles. The topological polar surface area (TPSA) is 66.8 Å². The Morgan fingerprint density at radius 3 is 2.65 bits per heavy atom. The number of carboxylic acid groups (broad SMARTS) is 1. The van der Waals surface area contributed by atoms with Crippen LogP contribution in [0.3, 0.4) is 0 Å². The number of carbonyl (C=O) groups is 2. The van der Waals surface area contributed by atoms with E-state index in [0.29, 0.717) is 6.54 Å². The van der Waals surface area contributed by atoms with Crippen LogP contribution in [-0.4, -0.2) is 23.7 Å². The van der Waals surface area contributed by atoms with E-state index in [9.17, 15) is 9.59 Å². The van der Waals surface area contributed by atoms with Gasteiger partial charge >= 0.3 is 12.1 Å². The third-order valence-corrected chi connectivity index (χ3v) is 3.98. The number of fused-ring (bicyclic) bond motifs is 1. The SMILES string of the molecule is CC1CN(C(=O)OCc2ccccc2)c2ccc(C(=O)O)cc21. The van der Waals surface area contributed by atoms with Crippen molar-refractivity contribution in [3.63, 3.8) is 0 Å². The van der Waals surface area contributed by atoms with Gasteiger partial charge in [-0.2, -0.15) is 0 Å². The van der Waals surface area contributed by atoms with Crippen molar-refractivity contribution in [2.45, 2.75) is 19.4 Å². The van der Waals surface area contributed by atoms with E-state index < -0.39 is 12.1 Å². The summed E-state index contributed by atoms with van der Waals surface area (Å²) >= 11 is 0. The van der Waals surface area contributed by atoms with Crippen molar-refractivity contribution in [1.82, 2.24) is 0 Å². The Kier molecular flexibility index (Phi) is 4.02. The number of hydrogen-bond donors (Lipinski definition) is 1. The molecule has 1 heterocycles. The van der Waals surface area contributed by atoms with Crippen molar-refractivity contribution in [2.24, 2.45) is 0 Å². The van der Waals surface area contributed by atoms with Gasteiger partial charge in [-0.05, 0) is 29.3 Å². The summed E-state index contributed by atoms with van der Waals surface area (Å²) in [6.07, 6.45) is -0.414. The summed E-state index contributed by atoms with van der Waals surface area (Å²) in [5, 5.41) is 9.08. The van der Waals surface area contributed by atoms with E-state index in [-0.39, 0.29) is 18.1 Å². The molecule has 1 aliphatic heterocycles. The van der Waals surface area contributed by atoms with E-state index >= 15 is 0 Å². The van der Waals surface area contributed by atoms with E-state index in [1.807, 2.05) is 37.3 Å². The minimum atomic E-state index is -0.967. The van der Waals surface area contributed by atoms with Crippen LogP contribution in [0, 0.1) is 0 Å². The van der Waals surface area contributed by atoms with Gasteiger partial charge in [-0.3, -0.25) is 4.90 Å². The van der Waals surface area contributed by atoms with E-state index in [0.717, 1.165) is 16.8 Å². The first-order valence-electron chi connectivity index (χ1n) is 7.41. The Bertz CT molecular complexity index is 742. The predicted octanol–water partition coefficient (Wildman–Crippen LogP) is 3.65. The number of ether oxygens (including phenoxy) is 1. The number of benzene rings is 2. The first-order chi connectivity index (χ1) is 11.1. The van der Waals surface area contributed by atoms with E-state index in [1.54, 1.807) is 17.0 Å².